The number of anilines is 1. The molecule has 2 saturated heterocycles. The van der Waals surface area contributed by atoms with E-state index < -0.39 is 0 Å². The van der Waals surface area contributed by atoms with Crippen LogP contribution in [0.25, 0.3) is 0 Å². The maximum absolute atomic E-state index is 13.1. The van der Waals surface area contributed by atoms with E-state index in [1.807, 2.05) is 59.8 Å². The number of fused-ring (bicyclic) bond motifs is 1. The number of nitrogens with one attached hydrogen (secondary N) is 2. The lowest BCUT2D eigenvalue weighted by Crippen LogP contribution is -2.58. The molecule has 1 aromatic carbocycles. The second-order valence-corrected chi connectivity index (χ2v) is 8.74. The maximum Gasteiger partial charge on any atom is 0.321 e. The number of para-hydroxylation sites is 1. The Hall–Kier alpha value is -2.93. The number of aromatic nitrogens is 1. The highest BCUT2D eigenvalue weighted by molar-refractivity contribution is 5.89. The summed E-state index contributed by atoms with van der Waals surface area (Å²) in [6.07, 6.45) is 8.70. The summed E-state index contributed by atoms with van der Waals surface area (Å²) < 4.78 is 0. The van der Waals surface area contributed by atoms with Gasteiger partial charge in [0.15, 0.2) is 0 Å². The zero-order chi connectivity index (χ0) is 22.2. The molecule has 7 heteroatoms. The Morgan fingerprint density at radius 1 is 1.03 bits per heavy atom. The highest BCUT2D eigenvalue weighted by Crippen LogP contribution is 2.26. The summed E-state index contributed by atoms with van der Waals surface area (Å²) in [5.74, 6) is 0.00968. The Morgan fingerprint density at radius 3 is 2.62 bits per heavy atom. The number of benzene rings is 1. The normalized spacial score (nSPS) is 22.9. The lowest BCUT2D eigenvalue weighted by atomic mass is 9.89. The first-order valence-corrected chi connectivity index (χ1v) is 11.7. The summed E-state index contributed by atoms with van der Waals surface area (Å²) in [6, 6.07) is 13.5. The number of carbonyl (C=O) groups is 2. The van der Waals surface area contributed by atoms with Crippen LogP contribution in [-0.2, 0) is 11.3 Å². The van der Waals surface area contributed by atoms with E-state index in [0.717, 1.165) is 51.0 Å². The van der Waals surface area contributed by atoms with Gasteiger partial charge >= 0.3 is 6.03 Å². The highest BCUT2D eigenvalue weighted by Gasteiger charge is 2.39. The summed E-state index contributed by atoms with van der Waals surface area (Å²) in [7, 11) is 0. The van der Waals surface area contributed by atoms with Crippen LogP contribution < -0.4 is 10.6 Å². The Balaban J connectivity index is 1.54. The van der Waals surface area contributed by atoms with Gasteiger partial charge in [0.2, 0.25) is 5.91 Å². The largest absolute Gasteiger partial charge is 0.356 e. The fourth-order valence-corrected chi connectivity index (χ4v) is 4.74. The Bertz CT molecular complexity index is 876. The standard InChI is InChI=1S/C25H33N5O2/c31-24-22-12-17-30(25(32)28-21-8-4-3-5-9-21)19-23(22)29(16-7-2-1-6-13-27-24)18-20-10-14-26-15-11-20/h3-5,8-11,14-15,22-23H,1-2,6-7,12-13,16-19H2,(H,27,31)(H,28,32)/t22-,23-/m1/s1. The molecule has 2 aliphatic heterocycles. The molecule has 0 aliphatic carbocycles. The van der Waals surface area contributed by atoms with Crippen molar-refractivity contribution in [2.24, 2.45) is 5.92 Å². The Kier molecular flexibility index (Phi) is 7.72. The molecule has 2 atom stereocenters. The van der Waals surface area contributed by atoms with Gasteiger partial charge in [0, 0.05) is 50.3 Å². The number of hydrogen-bond acceptors (Lipinski definition) is 4. The molecule has 2 N–H and O–H groups in total. The second kappa shape index (κ2) is 11.1. The third kappa shape index (κ3) is 5.85. The van der Waals surface area contributed by atoms with E-state index >= 15 is 0 Å². The monoisotopic (exact) mass is 435 g/mol. The molecule has 1 aromatic heterocycles. The van der Waals surface area contributed by atoms with Crippen molar-refractivity contribution in [3.8, 4) is 0 Å². The van der Waals surface area contributed by atoms with Gasteiger partial charge < -0.3 is 15.5 Å². The fourth-order valence-electron chi connectivity index (χ4n) is 4.74. The van der Waals surface area contributed by atoms with E-state index in [1.54, 1.807) is 0 Å². The average Bonchev–Trinajstić information content (AvgIpc) is 2.86. The zero-order valence-corrected chi connectivity index (χ0v) is 18.6. The number of nitrogens with zero attached hydrogens (tertiary/aromatic N) is 3. The second-order valence-electron chi connectivity index (χ2n) is 8.74. The van der Waals surface area contributed by atoms with Gasteiger partial charge in [0.05, 0.1) is 5.92 Å². The van der Waals surface area contributed by atoms with Gasteiger partial charge in [-0.25, -0.2) is 4.79 Å². The summed E-state index contributed by atoms with van der Waals surface area (Å²) in [5, 5.41) is 6.16. The number of likely N-dealkylation sites (tertiary alicyclic amines) is 1. The average molecular weight is 436 g/mol. The van der Waals surface area contributed by atoms with Crippen molar-refractivity contribution in [2.45, 2.75) is 44.7 Å². The molecule has 3 amide bonds. The van der Waals surface area contributed by atoms with Crippen molar-refractivity contribution < 1.29 is 9.59 Å². The van der Waals surface area contributed by atoms with Gasteiger partial charge in [-0.15, -0.1) is 0 Å². The van der Waals surface area contributed by atoms with Gasteiger partial charge in [-0.2, -0.15) is 0 Å². The molecular formula is C25H33N5O2. The molecule has 3 heterocycles. The van der Waals surface area contributed by atoms with Gasteiger partial charge in [-0.05, 0) is 55.6 Å². The topological polar surface area (TPSA) is 77.6 Å². The van der Waals surface area contributed by atoms with Crippen LogP contribution >= 0.6 is 0 Å². The molecule has 0 bridgehead atoms. The zero-order valence-electron chi connectivity index (χ0n) is 18.6. The number of urea groups is 1. The van der Waals surface area contributed by atoms with E-state index in [2.05, 4.69) is 20.5 Å². The van der Waals surface area contributed by atoms with Crippen LogP contribution in [0, 0.1) is 5.92 Å². The van der Waals surface area contributed by atoms with E-state index in [0.29, 0.717) is 19.5 Å². The summed E-state index contributed by atoms with van der Waals surface area (Å²) >= 11 is 0. The van der Waals surface area contributed by atoms with Gasteiger partial charge in [-0.3, -0.25) is 14.7 Å². The molecule has 0 spiro atoms. The van der Waals surface area contributed by atoms with E-state index in [9.17, 15) is 9.59 Å². The fraction of sp³-hybridized carbons (Fsp3) is 0.480. The summed E-state index contributed by atoms with van der Waals surface area (Å²) in [6.45, 7) is 3.54. The summed E-state index contributed by atoms with van der Waals surface area (Å²) in [5.41, 5.74) is 1.97. The molecule has 2 aromatic rings. The van der Waals surface area contributed by atoms with Crippen molar-refractivity contribution in [3.05, 3.63) is 60.4 Å². The van der Waals surface area contributed by atoms with Crippen LogP contribution in [0.15, 0.2) is 54.9 Å². The van der Waals surface area contributed by atoms with E-state index in [1.165, 1.54) is 5.56 Å². The number of rotatable bonds is 3. The predicted molar refractivity (Wildman–Crippen MR) is 125 cm³/mol. The summed E-state index contributed by atoms with van der Waals surface area (Å²) in [4.78, 5) is 34.5. The lowest BCUT2D eigenvalue weighted by molar-refractivity contribution is -0.129. The van der Waals surface area contributed by atoms with Crippen LogP contribution in [0.2, 0.25) is 0 Å². The minimum Gasteiger partial charge on any atom is -0.356 e. The van der Waals surface area contributed by atoms with Crippen LogP contribution in [0.1, 0.15) is 37.7 Å². The molecule has 170 valence electrons. The molecule has 0 unspecified atom stereocenters. The first-order valence-electron chi connectivity index (χ1n) is 11.7. The van der Waals surface area contributed by atoms with Crippen LogP contribution in [0.3, 0.4) is 0 Å². The van der Waals surface area contributed by atoms with Crippen molar-refractivity contribution in [3.63, 3.8) is 0 Å². The number of piperidine rings is 1. The predicted octanol–water partition coefficient (Wildman–Crippen LogP) is 3.50. The Labute approximate surface area is 190 Å². The maximum atomic E-state index is 13.1. The molecular weight excluding hydrogens is 402 g/mol. The number of hydrogen-bond donors (Lipinski definition) is 2. The molecule has 2 fully saturated rings. The SMILES string of the molecule is O=C1NCCCCCCN(Cc2ccncc2)[C@@H]2CN(C(=O)Nc3ccccc3)CC[C@@H]12. The highest BCUT2D eigenvalue weighted by atomic mass is 16.2. The third-order valence-corrected chi connectivity index (χ3v) is 6.51. The number of amides is 3. The minimum absolute atomic E-state index is 0.0171. The van der Waals surface area contributed by atoms with E-state index in [-0.39, 0.29) is 23.9 Å². The first-order chi connectivity index (χ1) is 15.7. The quantitative estimate of drug-likeness (QED) is 0.774. The first kappa shape index (κ1) is 22.3. The van der Waals surface area contributed by atoms with Crippen molar-refractivity contribution in [1.29, 1.82) is 0 Å². The van der Waals surface area contributed by atoms with Crippen LogP contribution in [0.5, 0.6) is 0 Å². The van der Waals surface area contributed by atoms with Gasteiger partial charge in [0.1, 0.15) is 0 Å². The number of carbonyl (C=O) groups excluding carboxylic acids is 2. The molecule has 2 aliphatic rings. The smallest absolute Gasteiger partial charge is 0.321 e. The molecule has 4 rings (SSSR count). The van der Waals surface area contributed by atoms with Crippen LogP contribution in [-0.4, -0.2) is 58.9 Å². The number of pyridine rings is 1. The Morgan fingerprint density at radius 2 is 1.81 bits per heavy atom. The van der Waals surface area contributed by atoms with Gasteiger partial charge in [0.25, 0.3) is 0 Å². The minimum atomic E-state index is -0.115. The lowest BCUT2D eigenvalue weighted by Gasteiger charge is -2.43. The van der Waals surface area contributed by atoms with Gasteiger partial charge in [-0.1, -0.05) is 31.0 Å². The molecule has 0 saturated carbocycles. The van der Waals surface area contributed by atoms with Crippen molar-refractivity contribution in [2.75, 3.05) is 31.5 Å². The third-order valence-electron chi connectivity index (χ3n) is 6.51. The molecule has 0 radical (unpaired) electrons. The van der Waals surface area contributed by atoms with Crippen LogP contribution in [0.4, 0.5) is 10.5 Å². The van der Waals surface area contributed by atoms with Crippen molar-refractivity contribution in [1.82, 2.24) is 20.1 Å². The van der Waals surface area contributed by atoms with E-state index in [4.69, 9.17) is 0 Å². The van der Waals surface area contributed by atoms with Crippen molar-refractivity contribution >= 4 is 17.6 Å². The molecule has 7 nitrogen and oxygen atoms in total. The molecule has 32 heavy (non-hydrogen) atoms.